The number of hydrogen-bond donors (Lipinski definition) is 1. The SMILES string of the molecule is O=C(O)c1c(F)cc(C(F)(F)F)cc1F. The first-order valence-corrected chi connectivity index (χ1v) is 3.53. The number of carboxylic acid groups (broad SMARTS) is 1. The largest absolute Gasteiger partial charge is 0.477 e. The molecule has 0 unspecified atom stereocenters. The van der Waals surface area contributed by atoms with Gasteiger partial charge in [0.05, 0.1) is 5.56 Å². The van der Waals surface area contributed by atoms with Gasteiger partial charge in [-0.15, -0.1) is 0 Å². The molecule has 7 heteroatoms. The third-order valence-electron chi connectivity index (χ3n) is 1.58. The molecule has 0 aliphatic carbocycles. The van der Waals surface area contributed by atoms with E-state index in [1.165, 1.54) is 0 Å². The topological polar surface area (TPSA) is 37.3 Å². The Morgan fingerprint density at radius 3 is 1.80 bits per heavy atom. The molecule has 1 N–H and O–H groups in total. The molecule has 0 radical (unpaired) electrons. The average Bonchev–Trinajstić information content (AvgIpc) is 1.99. The van der Waals surface area contributed by atoms with E-state index in [9.17, 15) is 26.7 Å². The van der Waals surface area contributed by atoms with Crippen molar-refractivity contribution in [2.24, 2.45) is 0 Å². The molecule has 82 valence electrons. The van der Waals surface area contributed by atoms with Gasteiger partial charge in [0.25, 0.3) is 0 Å². The van der Waals surface area contributed by atoms with Crippen LogP contribution in [-0.2, 0) is 6.18 Å². The van der Waals surface area contributed by atoms with Gasteiger partial charge in [0.15, 0.2) is 0 Å². The Balaban J connectivity index is 3.39. The number of aromatic carboxylic acids is 1. The first-order chi connectivity index (χ1) is 6.73. The van der Waals surface area contributed by atoms with E-state index >= 15 is 0 Å². The maximum absolute atomic E-state index is 12.8. The zero-order valence-corrected chi connectivity index (χ0v) is 6.90. The Morgan fingerprint density at radius 2 is 1.53 bits per heavy atom. The summed E-state index contributed by atoms with van der Waals surface area (Å²) < 4.78 is 61.5. The van der Waals surface area contributed by atoms with E-state index in [1.807, 2.05) is 0 Å². The molecule has 0 fully saturated rings. The smallest absolute Gasteiger partial charge is 0.416 e. The van der Waals surface area contributed by atoms with Crippen LogP contribution in [0.1, 0.15) is 15.9 Å². The number of alkyl halides is 3. The minimum Gasteiger partial charge on any atom is -0.477 e. The molecule has 0 saturated carbocycles. The van der Waals surface area contributed by atoms with Crippen molar-refractivity contribution in [3.63, 3.8) is 0 Å². The third-order valence-corrected chi connectivity index (χ3v) is 1.58. The number of benzene rings is 1. The van der Waals surface area contributed by atoms with Crippen molar-refractivity contribution >= 4 is 5.97 Å². The van der Waals surface area contributed by atoms with Gasteiger partial charge in [-0.25, -0.2) is 13.6 Å². The van der Waals surface area contributed by atoms with Crippen LogP contribution in [0.25, 0.3) is 0 Å². The number of carbonyl (C=O) groups is 1. The molecule has 2 nitrogen and oxygen atoms in total. The second-order valence-electron chi connectivity index (χ2n) is 2.62. The van der Waals surface area contributed by atoms with Crippen LogP contribution in [0.15, 0.2) is 12.1 Å². The lowest BCUT2D eigenvalue weighted by atomic mass is 10.1. The molecular formula is C8H3F5O2. The highest BCUT2D eigenvalue weighted by Gasteiger charge is 2.33. The van der Waals surface area contributed by atoms with E-state index in [0.29, 0.717) is 0 Å². The molecule has 0 spiro atoms. The summed E-state index contributed by atoms with van der Waals surface area (Å²) in [7, 11) is 0. The lowest BCUT2D eigenvalue weighted by Gasteiger charge is -2.08. The van der Waals surface area contributed by atoms with Gasteiger partial charge in [-0.1, -0.05) is 0 Å². The number of halogens is 5. The molecule has 0 aliphatic rings. The predicted molar refractivity (Wildman–Crippen MR) is 38.3 cm³/mol. The van der Waals surface area contributed by atoms with Crippen molar-refractivity contribution in [3.8, 4) is 0 Å². The molecule has 15 heavy (non-hydrogen) atoms. The van der Waals surface area contributed by atoms with Crippen molar-refractivity contribution in [1.29, 1.82) is 0 Å². The standard InChI is InChI=1S/C8H3F5O2/c9-4-1-3(8(11,12)13)2-5(10)6(4)7(14)15/h1-2H,(H,14,15). The van der Waals surface area contributed by atoms with Crippen molar-refractivity contribution in [2.45, 2.75) is 6.18 Å². The summed E-state index contributed by atoms with van der Waals surface area (Å²) in [4.78, 5) is 10.2. The fourth-order valence-electron chi connectivity index (χ4n) is 0.941. The normalized spacial score (nSPS) is 11.5. The summed E-state index contributed by atoms with van der Waals surface area (Å²) in [5, 5.41) is 8.28. The predicted octanol–water partition coefficient (Wildman–Crippen LogP) is 2.68. The van der Waals surface area contributed by atoms with Crippen molar-refractivity contribution in [2.75, 3.05) is 0 Å². The van der Waals surface area contributed by atoms with Crippen LogP contribution in [0.3, 0.4) is 0 Å². The van der Waals surface area contributed by atoms with Crippen LogP contribution >= 0.6 is 0 Å². The molecular weight excluding hydrogens is 223 g/mol. The molecule has 1 aromatic carbocycles. The van der Waals surface area contributed by atoms with E-state index in [-0.39, 0.29) is 12.1 Å². The summed E-state index contributed by atoms with van der Waals surface area (Å²) >= 11 is 0. The summed E-state index contributed by atoms with van der Waals surface area (Å²) in [6.07, 6.45) is -4.92. The fourth-order valence-corrected chi connectivity index (χ4v) is 0.941. The fraction of sp³-hybridized carbons (Fsp3) is 0.125. The highest BCUT2D eigenvalue weighted by molar-refractivity contribution is 5.88. The molecule has 0 saturated heterocycles. The highest BCUT2D eigenvalue weighted by atomic mass is 19.4. The minimum absolute atomic E-state index is 0.0630. The molecule has 1 aromatic rings. The maximum Gasteiger partial charge on any atom is 0.416 e. The summed E-state index contributed by atoms with van der Waals surface area (Å²) in [6, 6.07) is -0.126. The van der Waals surface area contributed by atoms with Gasteiger partial charge in [0.2, 0.25) is 0 Å². The Kier molecular flexibility index (Phi) is 2.65. The Labute approximate surface area is 79.9 Å². The Bertz CT molecular complexity index is 387. The van der Waals surface area contributed by atoms with Crippen LogP contribution in [0, 0.1) is 11.6 Å². The van der Waals surface area contributed by atoms with E-state index in [0.717, 1.165) is 0 Å². The van der Waals surface area contributed by atoms with Crippen LogP contribution in [-0.4, -0.2) is 11.1 Å². The average molecular weight is 226 g/mol. The van der Waals surface area contributed by atoms with Crippen molar-refractivity contribution in [3.05, 3.63) is 34.9 Å². The Hall–Kier alpha value is -1.66. The summed E-state index contributed by atoms with van der Waals surface area (Å²) in [5.41, 5.74) is -2.97. The lowest BCUT2D eigenvalue weighted by molar-refractivity contribution is -0.138. The van der Waals surface area contributed by atoms with Crippen LogP contribution in [0.5, 0.6) is 0 Å². The monoisotopic (exact) mass is 226 g/mol. The maximum atomic E-state index is 12.8. The van der Waals surface area contributed by atoms with Gasteiger partial charge in [-0.2, -0.15) is 13.2 Å². The van der Waals surface area contributed by atoms with Gasteiger partial charge in [0.1, 0.15) is 17.2 Å². The zero-order valence-electron chi connectivity index (χ0n) is 6.90. The second kappa shape index (κ2) is 3.48. The zero-order chi connectivity index (χ0) is 11.8. The number of hydrogen-bond acceptors (Lipinski definition) is 1. The van der Waals surface area contributed by atoms with E-state index in [2.05, 4.69) is 0 Å². The van der Waals surface area contributed by atoms with Gasteiger partial charge in [0, 0.05) is 0 Å². The molecule has 0 aromatic heterocycles. The van der Waals surface area contributed by atoms with E-state index in [1.54, 1.807) is 0 Å². The molecule has 0 amide bonds. The van der Waals surface area contributed by atoms with Crippen molar-refractivity contribution < 1.29 is 31.9 Å². The molecule has 0 aliphatic heterocycles. The van der Waals surface area contributed by atoms with Crippen molar-refractivity contribution in [1.82, 2.24) is 0 Å². The minimum atomic E-state index is -4.92. The first kappa shape index (κ1) is 11.4. The molecule has 0 bridgehead atoms. The molecule has 1 rings (SSSR count). The summed E-state index contributed by atoms with van der Waals surface area (Å²) in [6.45, 7) is 0. The van der Waals surface area contributed by atoms with Gasteiger partial charge in [-0.05, 0) is 12.1 Å². The number of carboxylic acids is 1. The van der Waals surface area contributed by atoms with E-state index in [4.69, 9.17) is 5.11 Å². The van der Waals surface area contributed by atoms with Gasteiger partial charge < -0.3 is 5.11 Å². The van der Waals surface area contributed by atoms with Gasteiger partial charge in [-0.3, -0.25) is 0 Å². The molecule has 0 atom stereocenters. The van der Waals surface area contributed by atoms with Crippen LogP contribution in [0.4, 0.5) is 22.0 Å². The lowest BCUT2D eigenvalue weighted by Crippen LogP contribution is -2.11. The second-order valence-corrected chi connectivity index (χ2v) is 2.62. The van der Waals surface area contributed by atoms with Crippen LogP contribution in [0.2, 0.25) is 0 Å². The molecule has 0 heterocycles. The first-order valence-electron chi connectivity index (χ1n) is 3.53. The van der Waals surface area contributed by atoms with E-state index < -0.39 is 34.9 Å². The van der Waals surface area contributed by atoms with Gasteiger partial charge >= 0.3 is 12.1 Å². The number of rotatable bonds is 1. The highest BCUT2D eigenvalue weighted by Crippen LogP contribution is 2.31. The van der Waals surface area contributed by atoms with Crippen LogP contribution < -0.4 is 0 Å². The summed E-state index contributed by atoms with van der Waals surface area (Å²) in [5.74, 6) is -5.47. The third kappa shape index (κ3) is 2.23. The quantitative estimate of drug-likeness (QED) is 0.747. The Morgan fingerprint density at radius 1 is 1.13 bits per heavy atom.